The van der Waals surface area contributed by atoms with Gasteiger partial charge in [0.2, 0.25) is 0 Å². The second-order valence-corrected chi connectivity index (χ2v) is 6.22. The van der Waals surface area contributed by atoms with Gasteiger partial charge < -0.3 is 15.0 Å². The second-order valence-electron chi connectivity index (χ2n) is 6.22. The monoisotopic (exact) mass is 342 g/mol. The quantitative estimate of drug-likeness (QED) is 0.782. The first-order valence-electron chi connectivity index (χ1n) is 8.25. The molecular weight excluding hydrogens is 312 g/mol. The fourth-order valence-electron chi connectivity index (χ4n) is 2.97. The van der Waals surface area contributed by atoms with Gasteiger partial charge in [0.05, 0.1) is 6.61 Å². The maximum atomic E-state index is 5.10. The van der Waals surface area contributed by atoms with Gasteiger partial charge in [-0.2, -0.15) is 0 Å². The van der Waals surface area contributed by atoms with Gasteiger partial charge in [-0.25, -0.2) is 4.98 Å². The Hall–Kier alpha value is -0.880. The van der Waals surface area contributed by atoms with E-state index in [1.54, 1.807) is 7.11 Å². The number of hydrogen-bond acceptors (Lipinski definition) is 5. The summed E-state index contributed by atoms with van der Waals surface area (Å²) in [6.07, 6.45) is 4.61. The highest BCUT2D eigenvalue weighted by Gasteiger charge is 2.18. The van der Waals surface area contributed by atoms with E-state index in [0.29, 0.717) is 0 Å². The Morgan fingerprint density at radius 2 is 2.09 bits per heavy atom. The van der Waals surface area contributed by atoms with Crippen LogP contribution in [0.25, 0.3) is 0 Å². The number of nitrogens with zero attached hydrogens (tertiary/aromatic N) is 3. The number of likely N-dealkylation sites (N-methyl/N-ethyl adjacent to an activating group) is 1. The van der Waals surface area contributed by atoms with Crippen molar-refractivity contribution in [3.63, 3.8) is 0 Å². The van der Waals surface area contributed by atoms with Gasteiger partial charge in [0.25, 0.3) is 0 Å². The van der Waals surface area contributed by atoms with E-state index in [2.05, 4.69) is 32.2 Å². The van der Waals surface area contributed by atoms with Gasteiger partial charge in [-0.05, 0) is 57.1 Å². The first-order chi connectivity index (χ1) is 10.7. The van der Waals surface area contributed by atoms with Gasteiger partial charge in [-0.1, -0.05) is 6.07 Å². The van der Waals surface area contributed by atoms with E-state index in [-0.39, 0.29) is 12.4 Å². The number of piperidine rings is 1. The van der Waals surface area contributed by atoms with Gasteiger partial charge in [0.15, 0.2) is 0 Å². The van der Waals surface area contributed by atoms with Crippen molar-refractivity contribution >= 4 is 18.2 Å². The Morgan fingerprint density at radius 3 is 2.65 bits per heavy atom. The average molecular weight is 343 g/mol. The summed E-state index contributed by atoms with van der Waals surface area (Å²) in [6, 6.07) is 4.31. The number of likely N-dealkylation sites (tertiary alicyclic amines) is 1. The third-order valence-electron chi connectivity index (χ3n) is 4.44. The number of rotatable bonds is 8. The molecule has 1 fully saturated rings. The number of hydrogen-bond donors (Lipinski definition) is 1. The molecule has 1 aliphatic heterocycles. The highest BCUT2D eigenvalue weighted by Crippen LogP contribution is 2.19. The van der Waals surface area contributed by atoms with Crippen molar-refractivity contribution in [1.82, 2.24) is 15.2 Å². The molecule has 0 spiro atoms. The predicted molar refractivity (Wildman–Crippen MR) is 98.6 cm³/mol. The molecule has 0 aliphatic carbocycles. The van der Waals surface area contributed by atoms with Crippen LogP contribution >= 0.6 is 12.4 Å². The zero-order chi connectivity index (χ0) is 15.8. The van der Waals surface area contributed by atoms with Gasteiger partial charge >= 0.3 is 0 Å². The lowest BCUT2D eigenvalue weighted by molar-refractivity contribution is 0.176. The van der Waals surface area contributed by atoms with Crippen LogP contribution in [0, 0.1) is 5.92 Å². The molecule has 1 saturated heterocycles. The number of nitrogens with one attached hydrogen (secondary N) is 1. The number of halogens is 1. The van der Waals surface area contributed by atoms with Crippen LogP contribution in [0.5, 0.6) is 0 Å². The molecule has 5 nitrogen and oxygen atoms in total. The third-order valence-corrected chi connectivity index (χ3v) is 4.44. The van der Waals surface area contributed by atoms with Gasteiger partial charge in [-0.3, -0.25) is 4.90 Å². The third kappa shape index (κ3) is 6.63. The normalized spacial score (nSPS) is 16.1. The number of ether oxygens (including phenoxy) is 1. The molecule has 0 amide bonds. The summed E-state index contributed by atoms with van der Waals surface area (Å²) in [5, 5.41) is 3.29. The molecule has 0 bridgehead atoms. The number of pyridine rings is 1. The van der Waals surface area contributed by atoms with E-state index in [1.807, 2.05) is 20.3 Å². The number of aromatic nitrogens is 1. The van der Waals surface area contributed by atoms with Gasteiger partial charge in [-0.15, -0.1) is 12.4 Å². The molecule has 0 unspecified atom stereocenters. The van der Waals surface area contributed by atoms with Crippen LogP contribution in [0.1, 0.15) is 18.4 Å². The Bertz CT molecular complexity index is 421. The Labute approximate surface area is 146 Å². The van der Waals surface area contributed by atoms with E-state index in [4.69, 9.17) is 4.74 Å². The van der Waals surface area contributed by atoms with Gasteiger partial charge in [0.1, 0.15) is 5.82 Å². The lowest BCUT2D eigenvalue weighted by Gasteiger charge is -2.31. The van der Waals surface area contributed by atoms with Gasteiger partial charge in [0, 0.05) is 33.4 Å². The summed E-state index contributed by atoms with van der Waals surface area (Å²) < 4.78 is 5.10. The minimum absolute atomic E-state index is 0. The number of anilines is 1. The molecule has 0 atom stereocenters. The largest absolute Gasteiger partial charge is 0.383 e. The Kier molecular flexibility index (Phi) is 9.48. The van der Waals surface area contributed by atoms with Crippen LogP contribution in [0.4, 0.5) is 5.82 Å². The molecule has 6 heteroatoms. The predicted octanol–water partition coefficient (Wildman–Crippen LogP) is 2.02. The lowest BCUT2D eigenvalue weighted by atomic mass is 9.96. The van der Waals surface area contributed by atoms with Crippen LogP contribution in [0.15, 0.2) is 18.3 Å². The first kappa shape index (κ1) is 20.2. The highest BCUT2D eigenvalue weighted by atomic mass is 35.5. The van der Waals surface area contributed by atoms with E-state index in [1.165, 1.54) is 31.5 Å². The fraction of sp³-hybridized carbons (Fsp3) is 0.706. The molecule has 1 N–H and O–H groups in total. The van der Waals surface area contributed by atoms with E-state index < -0.39 is 0 Å². The zero-order valence-electron chi connectivity index (χ0n) is 14.6. The van der Waals surface area contributed by atoms with E-state index in [0.717, 1.165) is 38.0 Å². The fourth-order valence-corrected chi connectivity index (χ4v) is 2.97. The molecule has 2 heterocycles. The van der Waals surface area contributed by atoms with Crippen molar-refractivity contribution in [3.05, 3.63) is 23.9 Å². The molecule has 23 heavy (non-hydrogen) atoms. The summed E-state index contributed by atoms with van der Waals surface area (Å²) in [5.74, 6) is 1.85. The lowest BCUT2D eigenvalue weighted by Crippen LogP contribution is -2.36. The SMILES string of the molecule is CNCC1CCN(Cc2ccc(N(C)CCOC)nc2)CC1.Cl. The molecule has 0 aromatic carbocycles. The van der Waals surface area contributed by atoms with Crippen molar-refractivity contribution in [2.45, 2.75) is 19.4 Å². The zero-order valence-corrected chi connectivity index (χ0v) is 15.4. The van der Waals surface area contributed by atoms with Crippen molar-refractivity contribution in [1.29, 1.82) is 0 Å². The summed E-state index contributed by atoms with van der Waals surface area (Å²) >= 11 is 0. The summed E-state index contributed by atoms with van der Waals surface area (Å²) in [6.45, 7) is 6.15. The first-order valence-corrected chi connectivity index (χ1v) is 8.25. The Morgan fingerprint density at radius 1 is 1.35 bits per heavy atom. The summed E-state index contributed by atoms with van der Waals surface area (Å²) in [7, 11) is 5.82. The van der Waals surface area contributed by atoms with E-state index in [9.17, 15) is 0 Å². The van der Waals surface area contributed by atoms with Crippen molar-refractivity contribution in [2.24, 2.45) is 5.92 Å². The standard InChI is InChI=1S/C17H30N4O.ClH/c1-18-12-15-6-8-21(9-7-15)14-16-4-5-17(19-13-16)20(2)10-11-22-3;/h4-5,13,15,18H,6-12,14H2,1-3H3;1H. The van der Waals surface area contributed by atoms with Crippen LogP contribution in [-0.2, 0) is 11.3 Å². The molecule has 1 aromatic heterocycles. The molecular formula is C17H31ClN4O. The highest BCUT2D eigenvalue weighted by molar-refractivity contribution is 5.85. The van der Waals surface area contributed by atoms with Crippen molar-refractivity contribution in [3.8, 4) is 0 Å². The second kappa shape index (κ2) is 10.8. The van der Waals surface area contributed by atoms with Crippen LogP contribution in [0.2, 0.25) is 0 Å². The van der Waals surface area contributed by atoms with Crippen LogP contribution < -0.4 is 10.2 Å². The molecule has 132 valence electrons. The van der Waals surface area contributed by atoms with Crippen molar-refractivity contribution < 1.29 is 4.74 Å². The molecule has 1 aliphatic rings. The average Bonchev–Trinajstić information content (AvgIpc) is 2.55. The number of methoxy groups -OCH3 is 1. The maximum Gasteiger partial charge on any atom is 0.128 e. The van der Waals surface area contributed by atoms with E-state index >= 15 is 0 Å². The minimum atomic E-state index is 0. The van der Waals surface area contributed by atoms with Crippen LogP contribution in [-0.4, -0.2) is 63.9 Å². The topological polar surface area (TPSA) is 40.6 Å². The van der Waals surface area contributed by atoms with Crippen molar-refractivity contribution in [2.75, 3.05) is 58.9 Å². The smallest absolute Gasteiger partial charge is 0.128 e. The Balaban J connectivity index is 0.00000264. The summed E-state index contributed by atoms with van der Waals surface area (Å²) in [5.41, 5.74) is 1.30. The molecule has 1 aromatic rings. The van der Waals surface area contributed by atoms with Crippen LogP contribution in [0.3, 0.4) is 0 Å². The molecule has 0 saturated carbocycles. The maximum absolute atomic E-state index is 5.10. The molecule has 0 radical (unpaired) electrons. The molecule has 2 rings (SSSR count). The minimum Gasteiger partial charge on any atom is -0.383 e. The summed E-state index contributed by atoms with van der Waals surface area (Å²) in [4.78, 5) is 9.24.